The summed E-state index contributed by atoms with van der Waals surface area (Å²) in [5.41, 5.74) is 0. The van der Waals surface area contributed by atoms with Gasteiger partial charge in [0, 0.05) is 19.5 Å². The summed E-state index contributed by atoms with van der Waals surface area (Å²) in [6, 6.07) is 0. The molecule has 18 heavy (non-hydrogen) atoms. The molecule has 1 aliphatic heterocycles. The van der Waals surface area contributed by atoms with Crippen LogP contribution in [-0.4, -0.2) is 40.3 Å². The van der Waals surface area contributed by atoms with Crippen molar-refractivity contribution in [3.8, 4) is 0 Å². The van der Waals surface area contributed by atoms with Crippen molar-refractivity contribution in [1.29, 1.82) is 0 Å². The van der Waals surface area contributed by atoms with Crippen molar-refractivity contribution in [2.24, 2.45) is 0 Å². The zero-order chi connectivity index (χ0) is 13.0. The largest absolute Gasteiger partial charge is 0.342 e. The second-order valence-electron chi connectivity index (χ2n) is 4.51. The molecule has 0 aromatic carbocycles. The Kier molecular flexibility index (Phi) is 4.63. The molecule has 0 spiro atoms. The van der Waals surface area contributed by atoms with Gasteiger partial charge >= 0.3 is 0 Å². The van der Waals surface area contributed by atoms with Crippen LogP contribution in [0.3, 0.4) is 0 Å². The Labute approximate surface area is 111 Å². The van der Waals surface area contributed by atoms with Crippen LogP contribution >= 0.6 is 11.8 Å². The Balaban J connectivity index is 2.01. The predicted molar refractivity (Wildman–Crippen MR) is 70.4 cm³/mol. The van der Waals surface area contributed by atoms with E-state index in [9.17, 15) is 4.79 Å². The molecule has 5 nitrogen and oxygen atoms in total. The maximum Gasteiger partial charge on any atom is 0.231 e. The first-order chi connectivity index (χ1) is 8.74. The molecule has 2 rings (SSSR count). The van der Waals surface area contributed by atoms with Gasteiger partial charge in [0.25, 0.3) is 0 Å². The fourth-order valence-electron chi connectivity index (χ4n) is 2.25. The number of carbonyl (C=O) groups is 1. The van der Waals surface area contributed by atoms with Crippen molar-refractivity contribution in [1.82, 2.24) is 15.0 Å². The van der Waals surface area contributed by atoms with Crippen LogP contribution in [0.5, 0.6) is 0 Å². The first-order valence-corrected chi connectivity index (χ1v) is 7.73. The minimum Gasteiger partial charge on any atom is -0.342 e. The first-order valence-electron chi connectivity index (χ1n) is 6.33. The van der Waals surface area contributed by atoms with Crippen LogP contribution in [0.2, 0.25) is 0 Å². The van der Waals surface area contributed by atoms with E-state index in [1.54, 1.807) is 11.8 Å². The molecule has 0 saturated carbocycles. The second kappa shape index (κ2) is 6.22. The van der Waals surface area contributed by atoms with Gasteiger partial charge < -0.3 is 9.42 Å². The van der Waals surface area contributed by atoms with E-state index < -0.39 is 0 Å². The molecule has 6 heteroatoms. The smallest absolute Gasteiger partial charge is 0.231 e. The third kappa shape index (κ3) is 3.04. The molecular weight excluding hydrogens is 250 g/mol. The Morgan fingerprint density at radius 1 is 1.61 bits per heavy atom. The number of likely N-dealkylation sites (tertiary alicyclic amines) is 1. The molecule has 1 aliphatic rings. The lowest BCUT2D eigenvalue weighted by atomic mass is 9.98. The molecule has 0 bridgehead atoms. The zero-order valence-electron chi connectivity index (χ0n) is 10.9. The molecule has 0 N–H and O–H groups in total. The van der Waals surface area contributed by atoms with E-state index in [1.807, 2.05) is 18.1 Å². The monoisotopic (exact) mass is 269 g/mol. The predicted octanol–water partition coefficient (Wildman–Crippen LogP) is 2.05. The van der Waals surface area contributed by atoms with Crippen LogP contribution in [0.15, 0.2) is 4.52 Å². The van der Waals surface area contributed by atoms with E-state index in [0.29, 0.717) is 18.9 Å². The molecule has 1 fully saturated rings. The molecule has 100 valence electrons. The number of piperidine rings is 1. The first kappa shape index (κ1) is 13.4. The fourth-order valence-corrected chi connectivity index (χ4v) is 2.63. The molecule has 1 amide bonds. The summed E-state index contributed by atoms with van der Waals surface area (Å²) in [6.07, 6.45) is 4.61. The Hall–Kier alpha value is -1.04. The Bertz CT molecular complexity index is 408. The van der Waals surface area contributed by atoms with Gasteiger partial charge in [-0.2, -0.15) is 16.7 Å². The number of nitrogens with zero attached hydrogens (tertiary/aromatic N) is 3. The molecule has 1 aromatic heterocycles. The number of hydrogen-bond acceptors (Lipinski definition) is 5. The topological polar surface area (TPSA) is 59.2 Å². The maximum atomic E-state index is 11.7. The number of carbonyl (C=O) groups excluding carboxylic acids is 1. The third-order valence-corrected chi connectivity index (χ3v) is 3.73. The molecule has 0 radical (unpaired) electrons. The third-order valence-electron chi connectivity index (χ3n) is 3.18. The summed E-state index contributed by atoms with van der Waals surface area (Å²) in [4.78, 5) is 18.0. The van der Waals surface area contributed by atoms with Gasteiger partial charge in [0.05, 0.1) is 11.7 Å². The number of rotatable bonds is 4. The lowest BCUT2D eigenvalue weighted by Crippen LogP contribution is -2.38. The molecule has 2 heterocycles. The molecule has 1 aromatic rings. The van der Waals surface area contributed by atoms with Crippen molar-refractivity contribution in [3.63, 3.8) is 0 Å². The highest BCUT2D eigenvalue weighted by Gasteiger charge is 2.27. The van der Waals surface area contributed by atoms with Gasteiger partial charge in [0.1, 0.15) is 0 Å². The van der Waals surface area contributed by atoms with Crippen LogP contribution in [0.1, 0.15) is 43.8 Å². The summed E-state index contributed by atoms with van der Waals surface area (Å²) in [5.74, 6) is 2.62. The summed E-state index contributed by atoms with van der Waals surface area (Å²) < 4.78 is 5.31. The Morgan fingerprint density at radius 2 is 2.44 bits per heavy atom. The quantitative estimate of drug-likeness (QED) is 0.837. The van der Waals surface area contributed by atoms with E-state index in [-0.39, 0.29) is 11.8 Å². The van der Waals surface area contributed by atoms with Gasteiger partial charge in [0.2, 0.25) is 11.8 Å². The van der Waals surface area contributed by atoms with Gasteiger partial charge in [-0.3, -0.25) is 4.79 Å². The highest BCUT2D eigenvalue weighted by atomic mass is 32.2. The van der Waals surface area contributed by atoms with Crippen molar-refractivity contribution < 1.29 is 9.32 Å². The lowest BCUT2D eigenvalue weighted by Gasteiger charge is -2.30. The van der Waals surface area contributed by atoms with Crippen molar-refractivity contribution in [2.75, 3.05) is 19.3 Å². The van der Waals surface area contributed by atoms with E-state index in [1.165, 1.54) is 0 Å². The molecule has 1 atom stereocenters. The molecule has 0 aliphatic carbocycles. The van der Waals surface area contributed by atoms with Gasteiger partial charge in [-0.15, -0.1) is 0 Å². The van der Waals surface area contributed by atoms with Gasteiger partial charge in [-0.05, 0) is 19.1 Å². The standard InChI is InChI=1S/C12H19N3O2S/c1-3-11(16)15-6-4-5-9(7-15)12-13-10(8-18-2)14-17-12/h9H,3-8H2,1-2H3/t9-/m0/s1. The maximum absolute atomic E-state index is 11.7. The average molecular weight is 269 g/mol. The average Bonchev–Trinajstić information content (AvgIpc) is 2.87. The van der Waals surface area contributed by atoms with Gasteiger partial charge in [-0.1, -0.05) is 12.1 Å². The number of thioether (sulfide) groups is 1. The van der Waals surface area contributed by atoms with E-state index in [2.05, 4.69) is 10.1 Å². The number of amides is 1. The lowest BCUT2D eigenvalue weighted by molar-refractivity contribution is -0.132. The minimum absolute atomic E-state index is 0.206. The summed E-state index contributed by atoms with van der Waals surface area (Å²) >= 11 is 1.67. The van der Waals surface area contributed by atoms with Crippen molar-refractivity contribution in [3.05, 3.63) is 11.7 Å². The van der Waals surface area contributed by atoms with E-state index in [0.717, 1.165) is 31.0 Å². The van der Waals surface area contributed by atoms with Crippen LogP contribution in [-0.2, 0) is 10.5 Å². The van der Waals surface area contributed by atoms with Gasteiger partial charge in [0.15, 0.2) is 5.82 Å². The van der Waals surface area contributed by atoms with E-state index >= 15 is 0 Å². The van der Waals surface area contributed by atoms with Crippen LogP contribution in [0.4, 0.5) is 0 Å². The van der Waals surface area contributed by atoms with Gasteiger partial charge in [-0.25, -0.2) is 0 Å². The Morgan fingerprint density at radius 3 is 3.17 bits per heavy atom. The molecular formula is C12H19N3O2S. The fraction of sp³-hybridized carbons (Fsp3) is 0.750. The van der Waals surface area contributed by atoms with Crippen molar-refractivity contribution >= 4 is 17.7 Å². The number of aromatic nitrogens is 2. The molecule has 1 saturated heterocycles. The highest BCUT2D eigenvalue weighted by molar-refractivity contribution is 7.97. The zero-order valence-corrected chi connectivity index (χ0v) is 11.7. The van der Waals surface area contributed by atoms with Crippen molar-refractivity contribution in [2.45, 2.75) is 37.9 Å². The van der Waals surface area contributed by atoms with E-state index in [4.69, 9.17) is 4.52 Å². The highest BCUT2D eigenvalue weighted by Crippen LogP contribution is 2.26. The van der Waals surface area contributed by atoms with Crippen LogP contribution in [0, 0.1) is 0 Å². The van der Waals surface area contributed by atoms with Crippen LogP contribution in [0.25, 0.3) is 0 Å². The summed E-state index contributed by atoms with van der Waals surface area (Å²) in [5, 5.41) is 3.96. The van der Waals surface area contributed by atoms with Crippen LogP contribution < -0.4 is 0 Å². The minimum atomic E-state index is 0.206. The molecule has 0 unspecified atom stereocenters. The summed E-state index contributed by atoms with van der Waals surface area (Å²) in [6.45, 7) is 3.47. The normalized spacial score (nSPS) is 20.1. The summed E-state index contributed by atoms with van der Waals surface area (Å²) in [7, 11) is 0. The SMILES string of the molecule is CCC(=O)N1CCC[C@H](c2nc(CSC)no2)C1. The second-order valence-corrected chi connectivity index (χ2v) is 5.38. The number of hydrogen-bond donors (Lipinski definition) is 0.